The summed E-state index contributed by atoms with van der Waals surface area (Å²) < 4.78 is 5.56. The fourth-order valence-electron chi connectivity index (χ4n) is 4.49. The summed E-state index contributed by atoms with van der Waals surface area (Å²) >= 11 is 0. The summed E-state index contributed by atoms with van der Waals surface area (Å²) in [6, 6.07) is 15.8. The molecule has 2 aromatic rings. The maximum absolute atomic E-state index is 12.8. The Labute approximate surface area is 193 Å². The summed E-state index contributed by atoms with van der Waals surface area (Å²) in [7, 11) is 0. The number of aliphatic carboxylic acids is 1. The molecule has 0 radical (unpaired) electrons. The number of carboxylic acids is 1. The number of carbonyl (C=O) groups is 3. The van der Waals surface area contributed by atoms with E-state index in [1.807, 2.05) is 38.1 Å². The van der Waals surface area contributed by atoms with Gasteiger partial charge in [0.2, 0.25) is 5.91 Å². The molecule has 0 spiro atoms. The molecule has 7 heteroatoms. The van der Waals surface area contributed by atoms with Crippen LogP contribution < -0.4 is 10.6 Å². The maximum atomic E-state index is 12.8. The lowest BCUT2D eigenvalue weighted by Crippen LogP contribution is -2.47. The van der Waals surface area contributed by atoms with Gasteiger partial charge in [-0.15, -0.1) is 0 Å². The third kappa shape index (κ3) is 4.87. The average molecular weight is 451 g/mol. The van der Waals surface area contributed by atoms with Crippen LogP contribution in [0.2, 0.25) is 0 Å². The number of nitrogens with one attached hydrogen (secondary N) is 2. The number of carboxylic acid groups (broad SMARTS) is 1. The van der Waals surface area contributed by atoms with Crippen molar-refractivity contribution in [3.8, 4) is 11.1 Å². The Morgan fingerprint density at radius 2 is 1.61 bits per heavy atom. The van der Waals surface area contributed by atoms with Crippen molar-refractivity contribution in [3.05, 3.63) is 59.7 Å². The van der Waals surface area contributed by atoms with Crippen molar-refractivity contribution in [3.63, 3.8) is 0 Å². The zero-order valence-corrected chi connectivity index (χ0v) is 19.0. The van der Waals surface area contributed by atoms with E-state index >= 15 is 0 Å². The minimum Gasteiger partial charge on any atom is -0.481 e. The van der Waals surface area contributed by atoms with Crippen molar-refractivity contribution in [1.29, 1.82) is 0 Å². The van der Waals surface area contributed by atoms with Crippen molar-refractivity contribution < 1.29 is 24.2 Å². The molecule has 0 bridgehead atoms. The van der Waals surface area contributed by atoms with Crippen LogP contribution in [0, 0.1) is 11.3 Å². The summed E-state index contributed by atoms with van der Waals surface area (Å²) in [4.78, 5) is 36.3. The maximum Gasteiger partial charge on any atom is 0.407 e. The highest BCUT2D eigenvalue weighted by molar-refractivity contribution is 5.87. The number of hydrogen-bond acceptors (Lipinski definition) is 4. The largest absolute Gasteiger partial charge is 0.481 e. The Morgan fingerprint density at radius 3 is 2.12 bits per heavy atom. The van der Waals surface area contributed by atoms with Gasteiger partial charge in [0.15, 0.2) is 0 Å². The van der Waals surface area contributed by atoms with Crippen LogP contribution in [-0.4, -0.2) is 42.3 Å². The molecule has 3 N–H and O–H groups in total. The Balaban J connectivity index is 1.32. The zero-order chi connectivity index (χ0) is 23.6. The molecule has 4 rings (SSSR count). The fourth-order valence-corrected chi connectivity index (χ4v) is 4.49. The third-order valence-corrected chi connectivity index (χ3v) is 6.77. The highest BCUT2D eigenvalue weighted by Crippen LogP contribution is 2.46. The van der Waals surface area contributed by atoms with Crippen LogP contribution in [0.4, 0.5) is 4.79 Å². The third-order valence-electron chi connectivity index (χ3n) is 6.77. The van der Waals surface area contributed by atoms with Crippen molar-refractivity contribution in [2.45, 2.75) is 45.1 Å². The van der Waals surface area contributed by atoms with Crippen LogP contribution in [0.5, 0.6) is 0 Å². The number of hydrogen-bond donors (Lipinski definition) is 3. The number of carbonyl (C=O) groups excluding carboxylic acids is 2. The molecule has 1 saturated carbocycles. The van der Waals surface area contributed by atoms with Gasteiger partial charge in [0, 0.05) is 18.5 Å². The van der Waals surface area contributed by atoms with Gasteiger partial charge in [0.05, 0.1) is 11.8 Å². The molecule has 1 atom stereocenters. The molecule has 0 saturated heterocycles. The number of fused-ring (bicyclic) bond motifs is 3. The molecule has 2 aliphatic rings. The van der Waals surface area contributed by atoms with E-state index in [1.54, 1.807) is 0 Å². The molecule has 2 amide bonds. The summed E-state index contributed by atoms with van der Waals surface area (Å²) in [5.41, 5.74) is 3.93. The number of benzene rings is 2. The van der Waals surface area contributed by atoms with Crippen molar-refractivity contribution in [2.75, 3.05) is 13.2 Å². The van der Waals surface area contributed by atoms with Crippen molar-refractivity contribution in [2.24, 2.45) is 11.3 Å². The van der Waals surface area contributed by atoms with Gasteiger partial charge in [-0.2, -0.15) is 0 Å². The fraction of sp³-hybridized carbons (Fsp3) is 0.423. The first kappa shape index (κ1) is 22.8. The van der Waals surface area contributed by atoms with E-state index in [-0.39, 0.29) is 37.3 Å². The van der Waals surface area contributed by atoms with E-state index in [0.29, 0.717) is 12.8 Å². The van der Waals surface area contributed by atoms with Crippen LogP contribution in [0.25, 0.3) is 11.1 Å². The lowest BCUT2D eigenvalue weighted by atomic mass is 9.98. The van der Waals surface area contributed by atoms with E-state index < -0.39 is 23.5 Å². The van der Waals surface area contributed by atoms with E-state index in [2.05, 4.69) is 34.9 Å². The van der Waals surface area contributed by atoms with Crippen LogP contribution in [0.15, 0.2) is 48.5 Å². The normalized spacial score (nSPS) is 16.5. The molecule has 0 aromatic heterocycles. The highest BCUT2D eigenvalue weighted by atomic mass is 16.5. The minimum atomic E-state index is -0.949. The van der Waals surface area contributed by atoms with Gasteiger partial charge >= 0.3 is 12.1 Å². The van der Waals surface area contributed by atoms with Crippen LogP contribution in [0.3, 0.4) is 0 Å². The van der Waals surface area contributed by atoms with E-state index in [9.17, 15) is 14.4 Å². The second-order valence-corrected chi connectivity index (χ2v) is 9.38. The Kier molecular flexibility index (Phi) is 6.40. The molecular weight excluding hydrogens is 420 g/mol. The average Bonchev–Trinajstić information content (AvgIpc) is 3.52. The standard InChI is InChI=1S/C26H30N2O5/c1-16(2)22(13-23(29)30)28-24(31)26(11-12-26)15-27-25(32)33-14-21-19-9-5-3-7-17(19)18-8-4-6-10-20(18)21/h3-10,16,21-22H,11-15H2,1-2H3,(H,27,32)(H,28,31)(H,29,30). The SMILES string of the molecule is CC(C)C(CC(=O)O)NC(=O)C1(CNC(=O)OCC2c3ccccc3-c3ccccc32)CC1. The lowest BCUT2D eigenvalue weighted by Gasteiger charge is -2.24. The van der Waals surface area contributed by atoms with Gasteiger partial charge in [-0.25, -0.2) is 4.79 Å². The van der Waals surface area contributed by atoms with E-state index in [1.165, 1.54) is 0 Å². The minimum absolute atomic E-state index is 0.00376. The quantitative estimate of drug-likeness (QED) is 0.537. The summed E-state index contributed by atoms with van der Waals surface area (Å²) in [6.07, 6.45) is 0.627. The molecule has 1 unspecified atom stereocenters. The van der Waals surface area contributed by atoms with Crippen LogP contribution in [-0.2, 0) is 14.3 Å². The molecule has 1 fully saturated rings. The molecule has 7 nitrogen and oxygen atoms in total. The first-order chi connectivity index (χ1) is 15.8. The second-order valence-electron chi connectivity index (χ2n) is 9.38. The molecule has 0 heterocycles. The summed E-state index contributed by atoms with van der Waals surface area (Å²) in [5.74, 6) is -1.18. The summed E-state index contributed by atoms with van der Waals surface area (Å²) in [5, 5.41) is 14.7. The van der Waals surface area contributed by atoms with E-state index in [0.717, 1.165) is 22.3 Å². The molecular formula is C26H30N2O5. The molecule has 174 valence electrons. The number of amides is 2. The molecule has 0 aliphatic heterocycles. The monoisotopic (exact) mass is 450 g/mol. The first-order valence-corrected chi connectivity index (χ1v) is 11.4. The topological polar surface area (TPSA) is 105 Å². The van der Waals surface area contributed by atoms with Crippen LogP contribution in [0.1, 0.15) is 50.2 Å². The van der Waals surface area contributed by atoms with Crippen molar-refractivity contribution >= 4 is 18.0 Å². The lowest BCUT2D eigenvalue weighted by molar-refractivity contribution is -0.138. The number of alkyl carbamates (subject to hydrolysis) is 1. The van der Waals surface area contributed by atoms with Gasteiger partial charge in [-0.05, 0) is 41.0 Å². The van der Waals surface area contributed by atoms with Gasteiger partial charge < -0.3 is 20.5 Å². The second kappa shape index (κ2) is 9.25. The highest BCUT2D eigenvalue weighted by Gasteiger charge is 2.50. The van der Waals surface area contributed by atoms with Gasteiger partial charge in [-0.3, -0.25) is 9.59 Å². The Bertz CT molecular complexity index is 1010. The van der Waals surface area contributed by atoms with Gasteiger partial charge in [0.1, 0.15) is 6.61 Å². The molecule has 33 heavy (non-hydrogen) atoms. The zero-order valence-electron chi connectivity index (χ0n) is 19.0. The number of rotatable bonds is 9. The molecule has 2 aliphatic carbocycles. The van der Waals surface area contributed by atoms with Gasteiger partial charge in [-0.1, -0.05) is 62.4 Å². The molecule has 2 aromatic carbocycles. The van der Waals surface area contributed by atoms with Gasteiger partial charge in [0.25, 0.3) is 0 Å². The predicted octanol–water partition coefficient (Wildman–Crippen LogP) is 3.92. The Hall–Kier alpha value is -3.35. The number of ether oxygens (including phenoxy) is 1. The Morgan fingerprint density at radius 1 is 1.03 bits per heavy atom. The van der Waals surface area contributed by atoms with Crippen LogP contribution >= 0.6 is 0 Å². The summed E-state index contributed by atoms with van der Waals surface area (Å²) in [6.45, 7) is 4.14. The predicted molar refractivity (Wildman–Crippen MR) is 124 cm³/mol. The van der Waals surface area contributed by atoms with Crippen molar-refractivity contribution in [1.82, 2.24) is 10.6 Å². The smallest absolute Gasteiger partial charge is 0.407 e. The first-order valence-electron chi connectivity index (χ1n) is 11.4. The van der Waals surface area contributed by atoms with E-state index in [4.69, 9.17) is 9.84 Å².